The van der Waals surface area contributed by atoms with E-state index >= 15 is 0 Å². The van der Waals surface area contributed by atoms with Crippen molar-refractivity contribution in [1.82, 2.24) is 51.8 Å². The monoisotopic (exact) mass is 794 g/mol. The number of carboxylic acids is 1. The minimum atomic E-state index is -1.28. The van der Waals surface area contributed by atoms with Crippen LogP contribution in [-0.4, -0.2) is 135 Å². The van der Waals surface area contributed by atoms with Crippen LogP contribution >= 0.6 is 0 Å². The number of carboxylic acid groups (broad SMARTS) is 1. The molecule has 1 saturated heterocycles. The Hall–Kier alpha value is -6.84. The second kappa shape index (κ2) is 20.7. The van der Waals surface area contributed by atoms with E-state index in [1.54, 1.807) is 12.3 Å². The van der Waals surface area contributed by atoms with Crippen LogP contribution in [0.4, 0.5) is 0 Å². The second-order valence-corrected chi connectivity index (χ2v) is 13.2. The quantitative estimate of drug-likeness (QED) is 0.0489. The fourth-order valence-corrected chi connectivity index (χ4v) is 6.13. The first kappa shape index (κ1) is 42.9. The minimum absolute atomic E-state index is 0.0114. The first-order chi connectivity index (χ1) is 27.2. The molecule has 1 aromatic carbocycles. The van der Waals surface area contributed by atoms with Crippen LogP contribution in [0.3, 0.4) is 0 Å². The van der Waals surface area contributed by atoms with Crippen LogP contribution in [0, 0.1) is 0 Å². The SMILES string of the molecule is NCC(=O)N[C@@H](CCC(N)=O)C(=O)N1CCC[C@H]1C(=O)N[C@@H](Cc1cnc[nH]1)C(=O)NCC(=O)NCC(=O)NCC(=O)N[C@@H](Cc1c[nH]c2ccccc12)C(=O)O. The van der Waals surface area contributed by atoms with Crippen molar-refractivity contribution in [1.29, 1.82) is 0 Å². The Kier molecular flexibility index (Phi) is 15.6. The predicted octanol–water partition coefficient (Wildman–Crippen LogP) is -4.22. The molecule has 306 valence electrons. The molecule has 1 aliphatic heterocycles. The Morgan fingerprint density at radius 2 is 1.53 bits per heavy atom. The lowest BCUT2D eigenvalue weighted by atomic mass is 10.1. The molecule has 1 fully saturated rings. The number of amides is 8. The summed E-state index contributed by atoms with van der Waals surface area (Å²) < 4.78 is 0. The van der Waals surface area contributed by atoms with Gasteiger partial charge in [-0.3, -0.25) is 38.4 Å². The summed E-state index contributed by atoms with van der Waals surface area (Å²) in [5, 5.41) is 24.9. The van der Waals surface area contributed by atoms with Crippen molar-refractivity contribution in [2.24, 2.45) is 11.5 Å². The highest BCUT2D eigenvalue weighted by atomic mass is 16.4. The summed E-state index contributed by atoms with van der Waals surface area (Å²) in [6, 6.07) is 2.55. The van der Waals surface area contributed by atoms with E-state index in [1.165, 1.54) is 17.4 Å². The number of aromatic amines is 2. The molecular formula is C35H46N12O10. The van der Waals surface area contributed by atoms with E-state index in [1.807, 2.05) is 18.2 Å². The second-order valence-electron chi connectivity index (χ2n) is 13.2. The molecule has 0 bridgehead atoms. The van der Waals surface area contributed by atoms with E-state index in [9.17, 15) is 48.3 Å². The summed E-state index contributed by atoms with van der Waals surface area (Å²) in [5.41, 5.74) is 12.6. The van der Waals surface area contributed by atoms with Gasteiger partial charge in [0.2, 0.25) is 47.3 Å². The van der Waals surface area contributed by atoms with Gasteiger partial charge in [0.05, 0.1) is 32.5 Å². The number of hydrogen-bond donors (Lipinski definition) is 11. The number of hydrogen-bond acceptors (Lipinski definition) is 11. The molecule has 13 N–H and O–H groups in total. The largest absolute Gasteiger partial charge is 0.480 e. The fourth-order valence-electron chi connectivity index (χ4n) is 6.13. The highest BCUT2D eigenvalue weighted by Gasteiger charge is 2.39. The van der Waals surface area contributed by atoms with Crippen molar-refractivity contribution < 1.29 is 48.3 Å². The van der Waals surface area contributed by atoms with E-state index in [-0.39, 0.29) is 38.6 Å². The van der Waals surface area contributed by atoms with E-state index in [0.717, 1.165) is 10.9 Å². The number of carbonyl (C=O) groups excluding carboxylic acids is 8. The molecule has 0 unspecified atom stereocenters. The normalized spacial score (nSPS) is 15.1. The molecule has 0 aliphatic carbocycles. The number of para-hydroxylation sites is 1. The number of nitrogens with zero attached hydrogens (tertiary/aromatic N) is 2. The minimum Gasteiger partial charge on any atom is -0.480 e. The van der Waals surface area contributed by atoms with Crippen LogP contribution in [0.5, 0.6) is 0 Å². The van der Waals surface area contributed by atoms with Crippen LogP contribution in [0.25, 0.3) is 10.9 Å². The number of aliphatic carboxylic acids is 1. The van der Waals surface area contributed by atoms with Gasteiger partial charge in [0.25, 0.3) is 0 Å². The lowest BCUT2D eigenvalue weighted by Crippen LogP contribution is -2.57. The van der Waals surface area contributed by atoms with Gasteiger partial charge in [-0.2, -0.15) is 0 Å². The molecule has 1 aliphatic rings. The maximum atomic E-state index is 13.5. The molecule has 3 aromatic rings. The first-order valence-electron chi connectivity index (χ1n) is 18.0. The molecule has 8 amide bonds. The Morgan fingerprint density at radius 1 is 0.842 bits per heavy atom. The smallest absolute Gasteiger partial charge is 0.326 e. The maximum absolute atomic E-state index is 13.5. The molecule has 0 radical (unpaired) electrons. The van der Waals surface area contributed by atoms with Gasteiger partial charge in [-0.25, -0.2) is 9.78 Å². The van der Waals surface area contributed by atoms with Gasteiger partial charge in [0, 0.05) is 54.8 Å². The van der Waals surface area contributed by atoms with Crippen LogP contribution < -0.4 is 43.4 Å². The van der Waals surface area contributed by atoms with Crippen molar-refractivity contribution >= 4 is 64.1 Å². The highest BCUT2D eigenvalue weighted by molar-refractivity contribution is 5.96. The van der Waals surface area contributed by atoms with Crippen LogP contribution in [0.1, 0.15) is 36.9 Å². The van der Waals surface area contributed by atoms with Gasteiger partial charge in [-0.1, -0.05) is 18.2 Å². The maximum Gasteiger partial charge on any atom is 0.326 e. The third kappa shape index (κ3) is 12.9. The molecule has 22 heteroatoms. The number of fused-ring (bicyclic) bond motifs is 1. The molecule has 3 heterocycles. The molecule has 57 heavy (non-hydrogen) atoms. The summed E-state index contributed by atoms with van der Waals surface area (Å²) in [5.74, 6) is -7.03. The molecule has 4 rings (SSSR count). The standard InChI is InChI=1S/C35H46N12O10/c36-12-28(49)44-23(7-8-27(37)48)34(55)47-9-3-6-26(47)33(54)46-24(11-20-14-38-18-43-20)32(53)42-16-30(51)40-15-29(50)41-17-31(52)45-25(35(56)57)10-19-13-39-22-5-2-1-4-21(19)22/h1-2,4-5,13-14,18,23-26,39H,3,6-12,15-17,36H2,(H2,37,48)(H,38,43)(H,40,51)(H,41,50)(H,42,53)(H,44,49)(H,45,52)(H,46,54)(H,56,57)/t23-,24-,25-,26-/m0/s1. The van der Waals surface area contributed by atoms with Crippen molar-refractivity contribution in [3.05, 3.63) is 54.2 Å². The number of rotatable bonds is 21. The Bertz CT molecular complexity index is 1950. The fraction of sp³-hybridized carbons (Fsp3) is 0.429. The lowest BCUT2D eigenvalue weighted by Gasteiger charge is -2.29. The number of carbonyl (C=O) groups is 9. The first-order valence-corrected chi connectivity index (χ1v) is 18.0. The van der Waals surface area contributed by atoms with E-state index in [4.69, 9.17) is 11.5 Å². The van der Waals surface area contributed by atoms with Crippen molar-refractivity contribution in [3.8, 4) is 0 Å². The summed E-state index contributed by atoms with van der Waals surface area (Å²) in [7, 11) is 0. The van der Waals surface area contributed by atoms with Crippen molar-refractivity contribution in [3.63, 3.8) is 0 Å². The number of H-pyrrole nitrogens is 2. The topological polar surface area (TPSA) is 346 Å². The van der Waals surface area contributed by atoms with Gasteiger partial charge in [-0.15, -0.1) is 0 Å². The van der Waals surface area contributed by atoms with Crippen molar-refractivity contribution in [2.45, 2.75) is 62.7 Å². The molecule has 22 nitrogen and oxygen atoms in total. The number of aromatic nitrogens is 3. The highest BCUT2D eigenvalue weighted by Crippen LogP contribution is 2.21. The predicted molar refractivity (Wildman–Crippen MR) is 199 cm³/mol. The molecule has 0 saturated carbocycles. The van der Waals surface area contributed by atoms with Crippen LogP contribution in [0.2, 0.25) is 0 Å². The molecule has 2 aromatic heterocycles. The lowest BCUT2D eigenvalue weighted by molar-refractivity contribution is -0.142. The number of benzene rings is 1. The zero-order valence-corrected chi connectivity index (χ0v) is 30.8. The summed E-state index contributed by atoms with van der Waals surface area (Å²) in [4.78, 5) is 124. The molecule has 4 atom stereocenters. The number of likely N-dealkylation sites (tertiary alicyclic amines) is 1. The molecular weight excluding hydrogens is 748 g/mol. The zero-order chi connectivity index (χ0) is 41.5. The summed E-state index contributed by atoms with van der Waals surface area (Å²) in [6.07, 6.45) is 4.70. The average Bonchev–Trinajstić information content (AvgIpc) is 3.98. The van der Waals surface area contributed by atoms with Gasteiger partial charge < -0.3 is 63.3 Å². The van der Waals surface area contributed by atoms with Crippen LogP contribution in [0.15, 0.2) is 43.0 Å². The third-order valence-corrected chi connectivity index (χ3v) is 9.00. The van der Waals surface area contributed by atoms with Gasteiger partial charge >= 0.3 is 5.97 Å². The third-order valence-electron chi connectivity index (χ3n) is 9.00. The number of imidazole rings is 1. The Labute approximate surface area is 325 Å². The zero-order valence-electron chi connectivity index (χ0n) is 30.8. The average molecular weight is 795 g/mol. The van der Waals surface area contributed by atoms with E-state index in [0.29, 0.717) is 17.7 Å². The van der Waals surface area contributed by atoms with Crippen molar-refractivity contribution in [2.75, 3.05) is 32.7 Å². The van der Waals surface area contributed by atoms with E-state index < -0.39 is 104 Å². The molecule has 0 spiro atoms. The number of primary amides is 1. The van der Waals surface area contributed by atoms with Gasteiger partial charge in [0.1, 0.15) is 24.2 Å². The van der Waals surface area contributed by atoms with Crippen LogP contribution in [-0.2, 0) is 56.0 Å². The van der Waals surface area contributed by atoms with Gasteiger partial charge in [-0.05, 0) is 30.9 Å². The van der Waals surface area contributed by atoms with Gasteiger partial charge in [0.15, 0.2) is 0 Å². The summed E-state index contributed by atoms with van der Waals surface area (Å²) in [6.45, 7) is -2.01. The van der Waals surface area contributed by atoms with E-state index in [2.05, 4.69) is 46.9 Å². The number of nitrogens with two attached hydrogens (primary N) is 2. The number of nitrogens with one attached hydrogen (secondary N) is 8. The summed E-state index contributed by atoms with van der Waals surface area (Å²) >= 11 is 0. The Balaban J connectivity index is 1.26. The Morgan fingerprint density at radius 3 is 2.19 bits per heavy atom.